The third-order valence-corrected chi connectivity index (χ3v) is 5.02. The van der Waals surface area contributed by atoms with Crippen LogP contribution in [0.15, 0.2) is 21.1 Å². The van der Waals surface area contributed by atoms with Crippen LogP contribution in [-0.4, -0.2) is 12.6 Å². The molecule has 0 saturated heterocycles. The van der Waals surface area contributed by atoms with Gasteiger partial charge >= 0.3 is 0 Å². The van der Waals surface area contributed by atoms with Gasteiger partial charge in [-0.2, -0.15) is 0 Å². The second kappa shape index (κ2) is 9.16. The highest BCUT2D eigenvalue weighted by Gasteiger charge is 2.14. The number of rotatable bonds is 6. The van der Waals surface area contributed by atoms with Gasteiger partial charge in [-0.15, -0.1) is 0 Å². The molecule has 1 aliphatic carbocycles. The maximum absolute atomic E-state index is 5.93. The van der Waals surface area contributed by atoms with Gasteiger partial charge in [0, 0.05) is 22.6 Å². The first-order chi connectivity index (χ1) is 10.2. The van der Waals surface area contributed by atoms with E-state index in [1.807, 2.05) is 0 Å². The van der Waals surface area contributed by atoms with Crippen molar-refractivity contribution in [3.63, 3.8) is 0 Å². The average molecular weight is 419 g/mol. The van der Waals surface area contributed by atoms with Gasteiger partial charge in [-0.3, -0.25) is 0 Å². The minimum atomic E-state index is 0.657. The van der Waals surface area contributed by atoms with Crippen LogP contribution < -0.4 is 10.1 Å². The van der Waals surface area contributed by atoms with Crippen molar-refractivity contribution in [1.82, 2.24) is 5.32 Å². The summed E-state index contributed by atoms with van der Waals surface area (Å²) in [6.07, 6.45) is 9.15. The van der Waals surface area contributed by atoms with Crippen LogP contribution in [0.5, 0.6) is 5.75 Å². The molecule has 118 valence electrons. The molecule has 0 unspecified atom stereocenters. The summed E-state index contributed by atoms with van der Waals surface area (Å²) in [4.78, 5) is 0. The number of hydrogen-bond acceptors (Lipinski definition) is 2. The van der Waals surface area contributed by atoms with Gasteiger partial charge in [0.25, 0.3) is 0 Å². The minimum Gasteiger partial charge on any atom is -0.492 e. The zero-order chi connectivity index (χ0) is 15.1. The molecule has 0 bridgehead atoms. The van der Waals surface area contributed by atoms with E-state index >= 15 is 0 Å². The predicted molar refractivity (Wildman–Crippen MR) is 96.0 cm³/mol. The monoisotopic (exact) mass is 417 g/mol. The Bertz CT molecular complexity index is 443. The summed E-state index contributed by atoms with van der Waals surface area (Å²) < 4.78 is 8.05. The molecule has 1 aliphatic rings. The van der Waals surface area contributed by atoms with Crippen LogP contribution in [0.2, 0.25) is 0 Å². The van der Waals surface area contributed by atoms with E-state index in [1.165, 1.54) is 44.1 Å². The van der Waals surface area contributed by atoms with E-state index < -0.39 is 0 Å². The molecule has 0 radical (unpaired) electrons. The van der Waals surface area contributed by atoms with Gasteiger partial charge in [0.1, 0.15) is 5.75 Å². The molecule has 0 aliphatic heterocycles. The lowest BCUT2D eigenvalue weighted by atomic mass is 10.1. The largest absolute Gasteiger partial charge is 0.492 e. The molecule has 2 rings (SSSR count). The molecule has 1 aromatic rings. The van der Waals surface area contributed by atoms with Gasteiger partial charge in [0.15, 0.2) is 0 Å². The molecule has 0 spiro atoms. The quantitative estimate of drug-likeness (QED) is 0.588. The Morgan fingerprint density at radius 2 is 1.86 bits per heavy atom. The molecule has 0 aromatic heterocycles. The van der Waals surface area contributed by atoms with Gasteiger partial charge in [-0.05, 0) is 47.3 Å². The van der Waals surface area contributed by atoms with Crippen molar-refractivity contribution in [3.05, 3.63) is 26.6 Å². The maximum Gasteiger partial charge on any atom is 0.138 e. The van der Waals surface area contributed by atoms with Gasteiger partial charge in [0.2, 0.25) is 0 Å². The molecule has 2 nitrogen and oxygen atoms in total. The molecule has 4 heteroatoms. The van der Waals surface area contributed by atoms with Crippen molar-refractivity contribution >= 4 is 31.9 Å². The fourth-order valence-corrected chi connectivity index (χ4v) is 4.28. The van der Waals surface area contributed by atoms with Crippen molar-refractivity contribution in [2.45, 2.75) is 64.5 Å². The molecular weight excluding hydrogens is 394 g/mol. The van der Waals surface area contributed by atoms with E-state index in [0.717, 1.165) is 34.3 Å². The normalized spacial score (nSPS) is 16.7. The number of halogens is 2. The number of ether oxygens (including phenoxy) is 1. The van der Waals surface area contributed by atoms with E-state index in [1.54, 1.807) is 0 Å². The average Bonchev–Trinajstić information content (AvgIpc) is 2.72. The van der Waals surface area contributed by atoms with Gasteiger partial charge in [-0.25, -0.2) is 0 Å². The van der Waals surface area contributed by atoms with Crippen LogP contribution >= 0.6 is 31.9 Å². The van der Waals surface area contributed by atoms with E-state index in [4.69, 9.17) is 4.74 Å². The van der Waals surface area contributed by atoms with E-state index in [2.05, 4.69) is 56.2 Å². The van der Waals surface area contributed by atoms with Crippen LogP contribution in [0.25, 0.3) is 0 Å². The lowest BCUT2D eigenvalue weighted by Crippen LogP contribution is -2.28. The van der Waals surface area contributed by atoms with Crippen LogP contribution in [-0.2, 0) is 6.54 Å². The first-order valence-electron chi connectivity index (χ1n) is 8.04. The van der Waals surface area contributed by atoms with E-state index in [9.17, 15) is 0 Å². The minimum absolute atomic E-state index is 0.657. The van der Waals surface area contributed by atoms with Crippen LogP contribution in [0, 0.1) is 0 Å². The molecule has 1 saturated carbocycles. The van der Waals surface area contributed by atoms with Crippen LogP contribution in [0.4, 0.5) is 0 Å². The van der Waals surface area contributed by atoms with Crippen LogP contribution in [0.1, 0.15) is 57.4 Å². The van der Waals surface area contributed by atoms with Crippen molar-refractivity contribution in [3.8, 4) is 5.75 Å². The third-order valence-electron chi connectivity index (χ3n) is 3.97. The lowest BCUT2D eigenvalue weighted by Gasteiger charge is -2.19. The van der Waals surface area contributed by atoms with Crippen molar-refractivity contribution < 1.29 is 4.74 Å². The molecule has 0 heterocycles. The Morgan fingerprint density at radius 1 is 1.14 bits per heavy atom. The molecule has 1 aromatic carbocycles. The van der Waals surface area contributed by atoms with Gasteiger partial charge in [0.05, 0.1) is 11.1 Å². The fourth-order valence-electron chi connectivity index (χ4n) is 2.85. The summed E-state index contributed by atoms with van der Waals surface area (Å²) in [7, 11) is 0. The second-order valence-corrected chi connectivity index (χ2v) is 7.56. The third kappa shape index (κ3) is 5.57. The Balaban J connectivity index is 2.03. The summed E-state index contributed by atoms with van der Waals surface area (Å²) >= 11 is 7.20. The summed E-state index contributed by atoms with van der Waals surface area (Å²) in [6, 6.07) is 4.88. The second-order valence-electron chi connectivity index (χ2n) is 5.79. The topological polar surface area (TPSA) is 21.3 Å². The Hall–Kier alpha value is -0.0600. The summed E-state index contributed by atoms with van der Waals surface area (Å²) in [5.74, 6) is 0.987. The molecule has 0 atom stereocenters. The highest BCUT2D eigenvalue weighted by atomic mass is 79.9. The zero-order valence-corrected chi connectivity index (χ0v) is 15.9. The standard InChI is InChI=1S/C17H25Br2NO/c1-2-9-21-17-13(10-14(18)11-16(17)19)12-20-15-7-5-3-4-6-8-15/h10-11,15,20H,2-9,12H2,1H3. The van der Waals surface area contributed by atoms with Crippen molar-refractivity contribution in [1.29, 1.82) is 0 Å². The SMILES string of the molecule is CCCOc1c(Br)cc(Br)cc1CNC1CCCCCC1. The zero-order valence-electron chi connectivity index (χ0n) is 12.8. The predicted octanol–water partition coefficient (Wildman–Crippen LogP) is 5.81. The molecule has 21 heavy (non-hydrogen) atoms. The summed E-state index contributed by atoms with van der Waals surface area (Å²) in [5.41, 5.74) is 1.23. The van der Waals surface area contributed by atoms with E-state index in [-0.39, 0.29) is 0 Å². The molecular formula is C17H25Br2NO. The fraction of sp³-hybridized carbons (Fsp3) is 0.647. The van der Waals surface area contributed by atoms with Gasteiger partial charge < -0.3 is 10.1 Å². The first kappa shape index (κ1) is 17.3. The smallest absolute Gasteiger partial charge is 0.138 e. The van der Waals surface area contributed by atoms with Crippen molar-refractivity contribution in [2.24, 2.45) is 0 Å². The first-order valence-corrected chi connectivity index (χ1v) is 9.63. The summed E-state index contributed by atoms with van der Waals surface area (Å²) in [5, 5.41) is 3.73. The highest BCUT2D eigenvalue weighted by Crippen LogP contribution is 2.33. The Morgan fingerprint density at radius 3 is 2.52 bits per heavy atom. The lowest BCUT2D eigenvalue weighted by molar-refractivity contribution is 0.310. The highest BCUT2D eigenvalue weighted by molar-refractivity contribution is 9.11. The maximum atomic E-state index is 5.93. The Kier molecular flexibility index (Phi) is 7.55. The summed E-state index contributed by atoms with van der Waals surface area (Å²) in [6.45, 7) is 3.77. The van der Waals surface area contributed by atoms with E-state index in [0.29, 0.717) is 6.04 Å². The Labute approximate surface area is 145 Å². The molecule has 1 fully saturated rings. The number of nitrogens with one attached hydrogen (secondary N) is 1. The molecule has 1 N–H and O–H groups in total. The number of benzene rings is 1. The molecule has 0 amide bonds. The van der Waals surface area contributed by atoms with Crippen molar-refractivity contribution in [2.75, 3.05) is 6.61 Å². The number of hydrogen-bond donors (Lipinski definition) is 1. The van der Waals surface area contributed by atoms with Crippen LogP contribution in [0.3, 0.4) is 0 Å². The van der Waals surface area contributed by atoms with Gasteiger partial charge in [-0.1, -0.05) is 48.5 Å².